The van der Waals surface area contributed by atoms with Crippen molar-refractivity contribution in [2.75, 3.05) is 6.54 Å². The Balaban J connectivity index is 5.32. The van der Waals surface area contributed by atoms with Gasteiger partial charge in [-0.25, -0.2) is 0 Å². The summed E-state index contributed by atoms with van der Waals surface area (Å²) in [5, 5.41) is 15.3. The Labute approximate surface area is 167 Å². The summed E-state index contributed by atoms with van der Waals surface area (Å²) >= 11 is 0. The Morgan fingerprint density at radius 3 is 1.86 bits per heavy atom. The van der Waals surface area contributed by atoms with Gasteiger partial charge in [0, 0.05) is 6.42 Å². The van der Waals surface area contributed by atoms with Crippen molar-refractivity contribution >= 4 is 35.5 Å². The number of hydrogen-bond acceptors (Lipinski definition) is 7. The van der Waals surface area contributed by atoms with Crippen LogP contribution in [0.4, 0.5) is 0 Å². The Morgan fingerprint density at radius 1 is 0.862 bits per heavy atom. The molecule has 0 aromatic rings. The third kappa shape index (κ3) is 10.6. The van der Waals surface area contributed by atoms with Gasteiger partial charge in [-0.15, -0.1) is 0 Å². The zero-order valence-electron chi connectivity index (χ0n) is 16.3. The summed E-state index contributed by atoms with van der Waals surface area (Å²) in [7, 11) is 0. The fourth-order valence-corrected chi connectivity index (χ4v) is 2.09. The molecule has 0 radical (unpaired) electrons. The van der Waals surface area contributed by atoms with Gasteiger partial charge in [-0.05, 0) is 12.3 Å². The van der Waals surface area contributed by atoms with E-state index in [1.165, 1.54) is 0 Å². The highest BCUT2D eigenvalue weighted by molar-refractivity contribution is 5.96. The third-order valence-electron chi connectivity index (χ3n) is 3.79. The number of carboxylic acids is 1. The molecule has 0 aromatic carbocycles. The smallest absolute Gasteiger partial charge is 0.322 e. The van der Waals surface area contributed by atoms with Crippen molar-refractivity contribution in [3.05, 3.63) is 0 Å². The fraction of sp³-hybridized carbons (Fsp3) is 0.625. The molecular weight excluding hydrogens is 388 g/mol. The Hall–Kier alpha value is -3.22. The second-order valence-corrected chi connectivity index (χ2v) is 6.68. The van der Waals surface area contributed by atoms with Gasteiger partial charge in [-0.1, -0.05) is 13.8 Å². The minimum atomic E-state index is -1.42. The molecule has 0 aliphatic heterocycles. The Morgan fingerprint density at radius 2 is 1.41 bits per heavy atom. The molecule has 0 aliphatic carbocycles. The lowest BCUT2D eigenvalue weighted by molar-refractivity contribution is -0.139. The van der Waals surface area contributed by atoms with Gasteiger partial charge in [-0.3, -0.25) is 28.8 Å². The number of carbonyl (C=O) groups excluding carboxylic acids is 5. The monoisotopic (exact) mass is 416 g/mol. The Kier molecular flexibility index (Phi) is 10.9. The van der Waals surface area contributed by atoms with Gasteiger partial charge in [0.25, 0.3) is 0 Å². The van der Waals surface area contributed by atoms with Crippen LogP contribution < -0.4 is 33.2 Å². The van der Waals surface area contributed by atoms with Crippen LogP contribution in [0.1, 0.15) is 33.1 Å². The number of carboxylic acid groups (broad SMARTS) is 1. The van der Waals surface area contributed by atoms with E-state index in [4.69, 9.17) is 22.3 Å². The van der Waals surface area contributed by atoms with E-state index in [0.717, 1.165) is 0 Å². The maximum absolute atomic E-state index is 12.5. The molecule has 0 rings (SSSR count). The molecule has 13 heteroatoms. The van der Waals surface area contributed by atoms with Gasteiger partial charge < -0.3 is 38.3 Å². The highest BCUT2D eigenvalue weighted by Gasteiger charge is 2.30. The number of carbonyl (C=O) groups is 6. The highest BCUT2D eigenvalue weighted by atomic mass is 16.4. The summed E-state index contributed by atoms with van der Waals surface area (Å²) in [5.74, 6) is -5.74. The summed E-state index contributed by atoms with van der Waals surface area (Å²) in [5.41, 5.74) is 15.8. The van der Waals surface area contributed by atoms with E-state index in [9.17, 15) is 28.8 Å². The van der Waals surface area contributed by atoms with Crippen LogP contribution in [0.25, 0.3) is 0 Å². The predicted molar refractivity (Wildman–Crippen MR) is 99.6 cm³/mol. The predicted octanol–water partition coefficient (Wildman–Crippen LogP) is -3.72. The van der Waals surface area contributed by atoms with Crippen molar-refractivity contribution in [3.8, 4) is 0 Å². The first kappa shape index (κ1) is 25.8. The molecule has 3 unspecified atom stereocenters. The van der Waals surface area contributed by atoms with E-state index in [0.29, 0.717) is 0 Å². The first-order valence-electron chi connectivity index (χ1n) is 8.77. The van der Waals surface area contributed by atoms with Crippen LogP contribution in [0.5, 0.6) is 0 Å². The van der Waals surface area contributed by atoms with E-state index in [1.54, 1.807) is 13.8 Å². The van der Waals surface area contributed by atoms with Crippen molar-refractivity contribution in [3.63, 3.8) is 0 Å². The summed E-state index contributed by atoms with van der Waals surface area (Å²) in [6.45, 7) is 2.65. The molecule has 0 aromatic heterocycles. The molecule has 29 heavy (non-hydrogen) atoms. The largest absolute Gasteiger partial charge is 0.480 e. The number of nitrogens with one attached hydrogen (secondary N) is 3. The summed E-state index contributed by atoms with van der Waals surface area (Å²) in [6, 6.07) is -3.71. The molecule has 0 spiro atoms. The lowest BCUT2D eigenvalue weighted by Gasteiger charge is -2.24. The average molecular weight is 416 g/mol. The van der Waals surface area contributed by atoms with Gasteiger partial charge >= 0.3 is 5.97 Å². The Bertz CT molecular complexity index is 652. The molecule has 0 bridgehead atoms. The quantitative estimate of drug-likeness (QED) is 0.157. The van der Waals surface area contributed by atoms with Crippen molar-refractivity contribution < 1.29 is 33.9 Å². The number of nitrogens with two attached hydrogens (primary N) is 3. The number of primary amides is 2. The number of amides is 5. The van der Waals surface area contributed by atoms with Crippen LogP contribution in [0.3, 0.4) is 0 Å². The molecule has 3 atom stereocenters. The minimum Gasteiger partial charge on any atom is -0.480 e. The van der Waals surface area contributed by atoms with Gasteiger partial charge in [0.05, 0.1) is 12.5 Å². The molecular formula is C16H28N6O7. The van der Waals surface area contributed by atoms with Crippen LogP contribution in [-0.4, -0.2) is 65.3 Å². The zero-order chi connectivity index (χ0) is 22.7. The van der Waals surface area contributed by atoms with Crippen molar-refractivity contribution in [2.24, 2.45) is 23.1 Å². The molecule has 0 saturated carbocycles. The topological polar surface area (TPSA) is 237 Å². The lowest BCUT2D eigenvalue weighted by Crippen LogP contribution is -2.57. The molecule has 0 saturated heterocycles. The maximum atomic E-state index is 12.5. The van der Waals surface area contributed by atoms with E-state index in [-0.39, 0.29) is 18.8 Å². The van der Waals surface area contributed by atoms with Crippen LogP contribution >= 0.6 is 0 Å². The first-order valence-corrected chi connectivity index (χ1v) is 8.77. The number of aliphatic carboxylic acids is 1. The van der Waals surface area contributed by atoms with Gasteiger partial charge in [0.15, 0.2) is 0 Å². The van der Waals surface area contributed by atoms with Gasteiger partial charge in [-0.2, -0.15) is 0 Å². The standard InChI is InChI=1S/C16H28N6O7/c1-7(2)13(19)16(29)22-9(5-11(18)24)15(28)21-8(3-4-10(17)23)14(27)20-6-12(25)26/h7-9,13H,3-6,19H2,1-2H3,(H2,17,23)(H2,18,24)(H,20,27)(H,21,28)(H,22,29)(H,25,26). The van der Waals surface area contributed by atoms with Gasteiger partial charge in [0.1, 0.15) is 18.6 Å². The normalized spacial score (nSPS) is 13.7. The van der Waals surface area contributed by atoms with Crippen LogP contribution in [0.15, 0.2) is 0 Å². The molecule has 13 nitrogen and oxygen atoms in total. The first-order chi connectivity index (χ1) is 13.3. The fourth-order valence-electron chi connectivity index (χ4n) is 2.09. The van der Waals surface area contributed by atoms with Crippen LogP contribution in [-0.2, 0) is 28.8 Å². The SMILES string of the molecule is CC(C)C(N)C(=O)NC(CC(N)=O)C(=O)NC(CCC(N)=O)C(=O)NCC(=O)O. The van der Waals surface area contributed by atoms with Crippen molar-refractivity contribution in [2.45, 2.75) is 51.2 Å². The van der Waals surface area contributed by atoms with E-state index < -0.39 is 66.6 Å². The van der Waals surface area contributed by atoms with E-state index in [1.807, 2.05) is 0 Å². The summed E-state index contributed by atoms with van der Waals surface area (Å²) in [6.07, 6.45) is -1.08. The average Bonchev–Trinajstić information content (AvgIpc) is 2.60. The molecule has 0 heterocycles. The van der Waals surface area contributed by atoms with E-state index >= 15 is 0 Å². The highest BCUT2D eigenvalue weighted by Crippen LogP contribution is 2.03. The number of rotatable bonds is 13. The van der Waals surface area contributed by atoms with Crippen LogP contribution in [0, 0.1) is 5.92 Å². The molecule has 5 amide bonds. The second-order valence-electron chi connectivity index (χ2n) is 6.68. The molecule has 0 aliphatic rings. The van der Waals surface area contributed by atoms with Crippen molar-refractivity contribution in [1.29, 1.82) is 0 Å². The molecule has 10 N–H and O–H groups in total. The minimum absolute atomic E-state index is 0.227. The summed E-state index contributed by atoms with van der Waals surface area (Å²) in [4.78, 5) is 69.6. The number of hydrogen-bond donors (Lipinski definition) is 7. The second kappa shape index (κ2) is 12.3. The van der Waals surface area contributed by atoms with E-state index in [2.05, 4.69) is 16.0 Å². The summed E-state index contributed by atoms with van der Waals surface area (Å²) < 4.78 is 0. The van der Waals surface area contributed by atoms with Crippen molar-refractivity contribution in [1.82, 2.24) is 16.0 Å². The zero-order valence-corrected chi connectivity index (χ0v) is 16.3. The van der Waals surface area contributed by atoms with Crippen LogP contribution in [0.2, 0.25) is 0 Å². The molecule has 164 valence electrons. The lowest BCUT2D eigenvalue weighted by atomic mass is 10.0. The molecule has 0 fully saturated rings. The maximum Gasteiger partial charge on any atom is 0.322 e. The third-order valence-corrected chi connectivity index (χ3v) is 3.79. The van der Waals surface area contributed by atoms with Gasteiger partial charge in [0.2, 0.25) is 29.5 Å².